The molecule has 15 nitrogen and oxygen atoms in total. The normalized spacial score (nSPS) is 19.4. The summed E-state index contributed by atoms with van der Waals surface area (Å²) in [4.78, 5) is 53.8. The number of carbonyl (C=O) groups excluding carboxylic acids is 4. The highest BCUT2D eigenvalue weighted by Gasteiger charge is 2.40. The van der Waals surface area contributed by atoms with E-state index in [-0.39, 0.29) is 37.3 Å². The van der Waals surface area contributed by atoms with Crippen molar-refractivity contribution < 1.29 is 28.4 Å². The first kappa shape index (κ1) is 29.7. The molecule has 5 N–H and O–H groups in total. The number of hydrogen-bond donors (Lipinski definition) is 4. The van der Waals surface area contributed by atoms with Crippen LogP contribution in [0.3, 0.4) is 0 Å². The standard InChI is InChI=1S/C28H35N9O6/c1-17-25-22(43-34-17)13-30-26(40)21(11-19-15-37(35-33-19)16-23(29)38)31-24(39)12-28(32-27(25)41)6-8-36(9-7-28)14-18-4-3-5-20(10-18)42-2/h3-5,10,15,21H,6-9,11-14,16H2,1-2H3,(H2,29,38)(H,30,40)(H,31,39)(H,32,41)/t21-/m1/s1. The first-order valence-electron chi connectivity index (χ1n) is 14.0. The van der Waals surface area contributed by atoms with Crippen molar-refractivity contribution in [3.05, 3.63) is 58.7 Å². The van der Waals surface area contributed by atoms with Crippen LogP contribution < -0.4 is 26.4 Å². The number of aryl methyl sites for hydroxylation is 1. The van der Waals surface area contributed by atoms with Gasteiger partial charge in [-0.3, -0.25) is 24.1 Å². The summed E-state index contributed by atoms with van der Waals surface area (Å²) < 4.78 is 12.0. The Morgan fingerprint density at radius 2 is 2.02 bits per heavy atom. The zero-order valence-corrected chi connectivity index (χ0v) is 24.1. The van der Waals surface area contributed by atoms with Crippen molar-refractivity contribution >= 4 is 23.6 Å². The van der Waals surface area contributed by atoms with Crippen molar-refractivity contribution in [1.29, 1.82) is 0 Å². The summed E-state index contributed by atoms with van der Waals surface area (Å²) >= 11 is 0. The molecule has 0 radical (unpaired) electrons. The average Bonchev–Trinajstić information content (AvgIpc) is 3.57. The summed E-state index contributed by atoms with van der Waals surface area (Å²) in [6, 6.07) is 6.86. The van der Waals surface area contributed by atoms with Crippen LogP contribution in [0, 0.1) is 6.92 Å². The molecule has 0 unspecified atom stereocenters. The molecule has 4 heterocycles. The van der Waals surface area contributed by atoms with Crippen molar-refractivity contribution in [2.75, 3.05) is 20.2 Å². The molecule has 228 valence electrons. The zero-order valence-electron chi connectivity index (χ0n) is 24.1. The molecule has 2 aromatic heterocycles. The summed E-state index contributed by atoms with van der Waals surface area (Å²) in [5.41, 5.74) is 6.48. The second-order valence-electron chi connectivity index (χ2n) is 11.0. The zero-order chi connectivity index (χ0) is 30.6. The number of piperidine rings is 1. The minimum absolute atomic E-state index is 0.0201. The van der Waals surface area contributed by atoms with Gasteiger partial charge in [-0.05, 0) is 37.5 Å². The molecular weight excluding hydrogens is 558 g/mol. The van der Waals surface area contributed by atoms with Crippen LogP contribution in [0.5, 0.6) is 5.75 Å². The number of hydrogen-bond acceptors (Lipinski definition) is 10. The topological polar surface area (TPSA) is 200 Å². The molecule has 2 aliphatic rings. The van der Waals surface area contributed by atoms with Crippen LogP contribution in [0.1, 0.15) is 52.3 Å². The lowest BCUT2D eigenvalue weighted by atomic mass is 9.83. The van der Waals surface area contributed by atoms with Crippen LogP contribution in [0.4, 0.5) is 0 Å². The molecule has 5 rings (SSSR count). The van der Waals surface area contributed by atoms with Crippen LogP contribution in [-0.2, 0) is 40.4 Å². The highest BCUT2D eigenvalue weighted by Crippen LogP contribution is 2.29. The van der Waals surface area contributed by atoms with Crippen LogP contribution in [0.2, 0.25) is 0 Å². The number of likely N-dealkylation sites (tertiary alicyclic amines) is 1. The van der Waals surface area contributed by atoms with Gasteiger partial charge >= 0.3 is 0 Å². The molecule has 0 bridgehead atoms. The van der Waals surface area contributed by atoms with E-state index < -0.39 is 35.2 Å². The Kier molecular flexibility index (Phi) is 8.71. The van der Waals surface area contributed by atoms with E-state index in [4.69, 9.17) is 15.0 Å². The lowest BCUT2D eigenvalue weighted by molar-refractivity contribution is -0.130. The number of fused-ring (bicyclic) bond motifs is 1. The fraction of sp³-hybridized carbons (Fsp3) is 0.464. The van der Waals surface area contributed by atoms with Crippen LogP contribution in [0.15, 0.2) is 35.0 Å². The van der Waals surface area contributed by atoms with Crippen molar-refractivity contribution in [3.63, 3.8) is 0 Å². The highest BCUT2D eigenvalue weighted by atomic mass is 16.5. The molecule has 0 aliphatic carbocycles. The third kappa shape index (κ3) is 7.17. The Morgan fingerprint density at radius 1 is 1.23 bits per heavy atom. The molecule has 15 heteroatoms. The van der Waals surface area contributed by atoms with E-state index in [1.807, 2.05) is 24.3 Å². The number of methoxy groups -OCH3 is 1. The first-order chi connectivity index (χ1) is 20.6. The second-order valence-corrected chi connectivity index (χ2v) is 11.0. The monoisotopic (exact) mass is 593 g/mol. The maximum absolute atomic E-state index is 13.6. The Labute approximate surface area is 247 Å². The van der Waals surface area contributed by atoms with Gasteiger partial charge in [0.1, 0.15) is 23.9 Å². The first-order valence-corrected chi connectivity index (χ1v) is 14.0. The van der Waals surface area contributed by atoms with Gasteiger partial charge in [0.25, 0.3) is 5.91 Å². The van der Waals surface area contributed by atoms with Gasteiger partial charge in [-0.1, -0.05) is 22.5 Å². The van der Waals surface area contributed by atoms with Crippen molar-refractivity contribution in [3.8, 4) is 5.75 Å². The van der Waals surface area contributed by atoms with E-state index >= 15 is 0 Å². The summed E-state index contributed by atoms with van der Waals surface area (Å²) in [5.74, 6) is -0.890. The van der Waals surface area contributed by atoms with E-state index in [2.05, 4.69) is 36.3 Å². The van der Waals surface area contributed by atoms with Gasteiger partial charge in [-0.15, -0.1) is 5.10 Å². The van der Waals surface area contributed by atoms with Crippen molar-refractivity contribution in [2.45, 2.75) is 63.8 Å². The van der Waals surface area contributed by atoms with Crippen LogP contribution >= 0.6 is 0 Å². The smallest absolute Gasteiger partial charge is 0.257 e. The number of benzene rings is 1. The molecule has 43 heavy (non-hydrogen) atoms. The number of ether oxygens (including phenoxy) is 1. The number of amides is 4. The van der Waals surface area contributed by atoms with E-state index in [1.54, 1.807) is 14.0 Å². The van der Waals surface area contributed by atoms with Gasteiger partial charge in [0.2, 0.25) is 17.7 Å². The Hall–Kier alpha value is -4.79. The largest absolute Gasteiger partial charge is 0.497 e. The van der Waals surface area contributed by atoms with Crippen molar-refractivity contribution in [2.24, 2.45) is 5.73 Å². The molecule has 2 aliphatic heterocycles. The van der Waals surface area contributed by atoms with E-state index in [9.17, 15) is 19.2 Å². The summed E-state index contributed by atoms with van der Waals surface area (Å²) in [6.07, 6.45) is 2.50. The predicted octanol–water partition coefficient (Wildman–Crippen LogP) is -0.420. The Balaban J connectivity index is 1.36. The van der Waals surface area contributed by atoms with Gasteiger partial charge in [0, 0.05) is 38.7 Å². The maximum atomic E-state index is 13.6. The maximum Gasteiger partial charge on any atom is 0.257 e. The lowest BCUT2D eigenvalue weighted by Gasteiger charge is -2.42. The number of primary amides is 1. The molecule has 1 atom stereocenters. The number of rotatable bonds is 7. The van der Waals surface area contributed by atoms with Gasteiger partial charge in [0.15, 0.2) is 5.76 Å². The lowest BCUT2D eigenvalue weighted by Crippen LogP contribution is -2.58. The quantitative estimate of drug-likeness (QED) is 0.279. The fourth-order valence-electron chi connectivity index (χ4n) is 5.58. The van der Waals surface area contributed by atoms with Gasteiger partial charge in [-0.25, -0.2) is 4.68 Å². The van der Waals surface area contributed by atoms with Crippen LogP contribution in [-0.4, -0.2) is 80.5 Å². The average molecular weight is 594 g/mol. The molecule has 3 aromatic rings. The van der Waals surface area contributed by atoms with Crippen molar-refractivity contribution in [1.82, 2.24) is 41.0 Å². The number of aromatic nitrogens is 4. The Morgan fingerprint density at radius 3 is 2.77 bits per heavy atom. The van der Waals surface area contributed by atoms with Gasteiger partial charge < -0.3 is 30.9 Å². The molecule has 1 saturated heterocycles. The summed E-state index contributed by atoms with van der Waals surface area (Å²) in [5, 5.41) is 20.5. The number of nitrogens with two attached hydrogens (primary N) is 1. The van der Waals surface area contributed by atoms with Crippen LogP contribution in [0.25, 0.3) is 0 Å². The summed E-state index contributed by atoms with van der Waals surface area (Å²) in [6.45, 7) is 3.34. The van der Waals surface area contributed by atoms with Gasteiger partial charge in [-0.2, -0.15) is 0 Å². The molecule has 4 amide bonds. The molecule has 1 aromatic carbocycles. The molecule has 1 fully saturated rings. The van der Waals surface area contributed by atoms with E-state index in [0.717, 1.165) is 11.3 Å². The second kappa shape index (κ2) is 12.6. The number of nitrogens with one attached hydrogen (secondary N) is 3. The van der Waals surface area contributed by atoms with Gasteiger partial charge in [0.05, 0.1) is 30.6 Å². The third-order valence-electron chi connectivity index (χ3n) is 7.78. The predicted molar refractivity (Wildman–Crippen MR) is 150 cm³/mol. The molecular formula is C28H35N9O6. The van der Waals surface area contributed by atoms with E-state index in [0.29, 0.717) is 43.9 Å². The SMILES string of the molecule is COc1cccc(CN2CCC3(CC2)CC(=O)N[C@H](Cc2cn(CC(N)=O)nn2)C(=O)NCc2onc(C)c2C(=O)N3)c1. The third-order valence-corrected chi connectivity index (χ3v) is 7.78. The molecule has 0 saturated carbocycles. The number of nitrogens with zero attached hydrogens (tertiary/aromatic N) is 5. The summed E-state index contributed by atoms with van der Waals surface area (Å²) in [7, 11) is 1.63. The number of carbonyl (C=O) groups is 4. The molecule has 1 spiro atoms. The Bertz CT molecular complexity index is 1510. The minimum atomic E-state index is -1.00. The minimum Gasteiger partial charge on any atom is -0.497 e. The van der Waals surface area contributed by atoms with E-state index in [1.165, 1.54) is 10.9 Å². The highest BCUT2D eigenvalue weighted by molar-refractivity contribution is 5.97. The fourth-order valence-corrected chi connectivity index (χ4v) is 5.58.